The number of aliphatic hydroxyl groups is 1. The van der Waals surface area contributed by atoms with Gasteiger partial charge in [0.25, 0.3) is 0 Å². The summed E-state index contributed by atoms with van der Waals surface area (Å²) in [5.74, 6) is -1.99. The van der Waals surface area contributed by atoms with Gasteiger partial charge in [0, 0.05) is 49.3 Å². The second-order valence-electron chi connectivity index (χ2n) is 6.44. The molecule has 1 heterocycles. The number of rotatable bonds is 9. The number of benzene rings is 2. The fraction of sp³-hybridized carbons (Fsp3) is 0.458. The summed E-state index contributed by atoms with van der Waals surface area (Å²) in [6.07, 6.45) is -2.97. The lowest BCUT2D eigenvalue weighted by Gasteiger charge is -2.35. The molecule has 0 saturated carbocycles. The number of hydrogen-bond donors (Lipinski definition) is 2. The molecule has 1 unspecified atom stereocenters. The zero-order valence-electron chi connectivity index (χ0n) is 33.4. The van der Waals surface area contributed by atoms with Crippen molar-refractivity contribution in [2.24, 2.45) is 0 Å². The highest BCUT2D eigenvalue weighted by Crippen LogP contribution is 2.25. The average molecular weight is 445 g/mol. The standard InChI is InChI=1S/C24H33N3O4/c1-18-7-6-8-19(2)24(18)25-23(29)16-27-13-11-26(12-14-27)15-20(28)17-31-22-10-5-4-9-21(22)30-3/h4-10,20,28H,11-17H2,1-3H3,(H,25,29)/i1D3,2D3,3D3,6D,7D,8D,15D2,16D2,20D. The van der Waals surface area contributed by atoms with E-state index in [1.54, 1.807) is 0 Å². The quantitative estimate of drug-likeness (QED) is 0.618. The lowest BCUT2D eigenvalue weighted by atomic mass is 10.1. The number of hydrogen-bond acceptors (Lipinski definition) is 6. The van der Waals surface area contributed by atoms with Crippen molar-refractivity contribution in [3.05, 3.63) is 53.5 Å². The molecule has 168 valence electrons. The van der Waals surface area contributed by atoms with Crippen LogP contribution in [0, 0.1) is 13.7 Å². The van der Waals surface area contributed by atoms with Gasteiger partial charge in [0.1, 0.15) is 12.7 Å². The monoisotopic (exact) mass is 444 g/mol. The SMILES string of the molecule is [2H]c1c([2H])c(C([2H])([2H])[2H])c(NC(=O)C([2H])([2H])N2CCN(C([2H])([2H])C([2H])(O)COc3ccccc3OC([2H])([2H])[2H])CC2)c(C([2H])([2H])[2H])c1[2H]. The highest BCUT2D eigenvalue weighted by Gasteiger charge is 2.21. The Morgan fingerprint density at radius 1 is 1.23 bits per heavy atom. The Kier molecular flexibility index (Phi) is 3.41. The van der Waals surface area contributed by atoms with E-state index in [1.807, 2.05) is 5.32 Å². The van der Waals surface area contributed by atoms with Crippen molar-refractivity contribution in [2.75, 3.05) is 58.1 Å². The number of ether oxygens (including phenoxy) is 2. The largest absolute Gasteiger partial charge is 0.493 e. The zero-order chi connectivity index (χ0) is 36.8. The van der Waals surface area contributed by atoms with E-state index in [-0.39, 0.29) is 37.7 Å². The fourth-order valence-corrected chi connectivity index (χ4v) is 2.76. The Morgan fingerprint density at radius 3 is 2.58 bits per heavy atom. The van der Waals surface area contributed by atoms with Gasteiger partial charge in [0.15, 0.2) is 11.5 Å². The van der Waals surface area contributed by atoms with Crippen molar-refractivity contribution in [1.82, 2.24) is 9.80 Å². The molecule has 1 saturated heterocycles. The van der Waals surface area contributed by atoms with E-state index in [0.717, 1.165) is 9.80 Å². The smallest absolute Gasteiger partial charge is 0.238 e. The van der Waals surface area contributed by atoms with Crippen LogP contribution in [-0.4, -0.2) is 79.7 Å². The molecule has 0 aliphatic carbocycles. The number of β-amino-alcohol motifs (C(OH)–C–C–N with tert-alkyl or cyclic N) is 1. The summed E-state index contributed by atoms with van der Waals surface area (Å²) < 4.78 is 145. The van der Waals surface area contributed by atoms with E-state index in [9.17, 15) is 9.90 Å². The zero-order valence-corrected chi connectivity index (χ0v) is 16.4. The molecule has 1 aliphatic heterocycles. The van der Waals surface area contributed by atoms with Gasteiger partial charge in [0.2, 0.25) is 5.91 Å². The third kappa shape index (κ3) is 6.69. The highest BCUT2D eigenvalue weighted by atomic mass is 16.5. The Bertz CT molecular complexity index is 1460. The molecular formula is C24H33N3O4. The van der Waals surface area contributed by atoms with Crippen molar-refractivity contribution in [3.63, 3.8) is 0 Å². The number of carbonyl (C=O) groups excluding carboxylic acids is 1. The second kappa shape index (κ2) is 11.1. The number of anilines is 1. The first kappa shape index (κ1) is 9.48. The topological polar surface area (TPSA) is 74.3 Å². The summed E-state index contributed by atoms with van der Waals surface area (Å²) in [4.78, 5) is 15.2. The number of carbonyl (C=O) groups is 1. The second-order valence-corrected chi connectivity index (χ2v) is 6.44. The van der Waals surface area contributed by atoms with Gasteiger partial charge in [-0.15, -0.1) is 0 Å². The maximum Gasteiger partial charge on any atom is 0.238 e. The molecule has 2 aromatic carbocycles. The average Bonchev–Trinajstić information content (AvgIpc) is 2.93. The van der Waals surface area contributed by atoms with E-state index in [1.165, 1.54) is 24.3 Å². The normalized spacial score (nSPS) is 27.2. The molecule has 0 spiro atoms. The van der Waals surface area contributed by atoms with E-state index in [4.69, 9.17) is 32.8 Å². The van der Waals surface area contributed by atoms with Crippen molar-refractivity contribution in [3.8, 4) is 11.5 Å². The van der Waals surface area contributed by atoms with Gasteiger partial charge in [-0.3, -0.25) is 14.6 Å². The van der Waals surface area contributed by atoms with E-state index in [0.29, 0.717) is 0 Å². The van der Waals surface area contributed by atoms with Gasteiger partial charge in [-0.2, -0.15) is 0 Å². The first-order chi connectivity index (χ1) is 21.6. The molecule has 2 N–H and O–H groups in total. The van der Waals surface area contributed by atoms with Crippen LogP contribution in [0.1, 0.15) is 34.4 Å². The summed E-state index contributed by atoms with van der Waals surface area (Å²) in [5.41, 5.74) is -3.11. The maximum atomic E-state index is 13.3. The molecule has 0 bridgehead atoms. The predicted octanol–water partition coefficient (Wildman–Crippen LogP) is 2.31. The van der Waals surface area contributed by atoms with Gasteiger partial charge in [-0.1, -0.05) is 30.3 Å². The third-order valence-electron chi connectivity index (χ3n) is 4.26. The van der Waals surface area contributed by atoms with Crippen LogP contribution >= 0.6 is 0 Å². The Morgan fingerprint density at radius 2 is 1.90 bits per heavy atom. The van der Waals surface area contributed by atoms with Crippen LogP contribution in [0.2, 0.25) is 0 Å². The molecule has 7 nitrogen and oxygen atoms in total. The molecule has 3 rings (SSSR count). The summed E-state index contributed by atoms with van der Waals surface area (Å²) in [5, 5.41) is 12.7. The minimum absolute atomic E-state index is 0.185. The minimum atomic E-state index is -3.24. The highest BCUT2D eigenvalue weighted by molar-refractivity contribution is 5.93. The molecule has 2 aromatic rings. The van der Waals surface area contributed by atoms with Gasteiger partial charge in [-0.05, 0) is 37.0 Å². The maximum absolute atomic E-state index is 13.3. The molecule has 1 fully saturated rings. The van der Waals surface area contributed by atoms with E-state index >= 15 is 0 Å². The van der Waals surface area contributed by atoms with Gasteiger partial charge in [0.05, 0.1) is 25.9 Å². The van der Waals surface area contributed by atoms with Gasteiger partial charge < -0.3 is 19.9 Å². The number of nitrogens with zero attached hydrogens (tertiary/aromatic N) is 2. The number of piperazine rings is 1. The van der Waals surface area contributed by atoms with Crippen molar-refractivity contribution >= 4 is 11.6 Å². The van der Waals surface area contributed by atoms with Crippen LogP contribution in [0.3, 0.4) is 0 Å². The Labute approximate surface area is 208 Å². The van der Waals surface area contributed by atoms with Crippen LogP contribution in [-0.2, 0) is 4.79 Å². The number of amides is 1. The summed E-state index contributed by atoms with van der Waals surface area (Å²) in [6, 6.07) is 2.37. The first-order valence-electron chi connectivity index (χ1n) is 17.7. The van der Waals surface area contributed by atoms with Crippen LogP contribution in [0.15, 0.2) is 42.4 Å². The molecule has 1 atom stereocenters. The number of para-hydroxylation sites is 3. The van der Waals surface area contributed by atoms with Crippen LogP contribution < -0.4 is 14.8 Å². The summed E-state index contributed by atoms with van der Waals surface area (Å²) in [7, 11) is -2.84. The van der Waals surface area contributed by atoms with Crippen LogP contribution in [0.25, 0.3) is 0 Å². The molecule has 1 aliphatic rings. The molecule has 0 aromatic heterocycles. The lowest BCUT2D eigenvalue weighted by molar-refractivity contribution is -0.117. The third-order valence-corrected chi connectivity index (χ3v) is 4.26. The van der Waals surface area contributed by atoms with E-state index in [2.05, 4.69) is 0 Å². The van der Waals surface area contributed by atoms with Gasteiger partial charge >= 0.3 is 0 Å². The molecule has 31 heavy (non-hydrogen) atoms. The van der Waals surface area contributed by atoms with Crippen molar-refractivity contribution < 1.29 is 42.7 Å². The van der Waals surface area contributed by atoms with Crippen LogP contribution in [0.4, 0.5) is 5.69 Å². The molecular weight excluding hydrogens is 394 g/mol. The number of nitrogens with one attached hydrogen (secondary N) is 1. The summed E-state index contributed by atoms with van der Waals surface area (Å²) in [6.45, 7) is -14.8. The van der Waals surface area contributed by atoms with Crippen molar-refractivity contribution in [2.45, 2.75) is 19.8 Å². The Hall–Kier alpha value is -2.61. The van der Waals surface area contributed by atoms with Crippen LogP contribution in [0.5, 0.6) is 11.5 Å². The lowest BCUT2D eigenvalue weighted by Crippen LogP contribution is -2.50. The predicted molar refractivity (Wildman–Crippen MR) is 122 cm³/mol. The van der Waals surface area contributed by atoms with Gasteiger partial charge in [-0.25, -0.2) is 0 Å². The van der Waals surface area contributed by atoms with E-state index < -0.39 is 87.3 Å². The van der Waals surface area contributed by atoms with Crippen molar-refractivity contribution in [1.29, 1.82) is 0 Å². The fourth-order valence-electron chi connectivity index (χ4n) is 2.76. The summed E-state index contributed by atoms with van der Waals surface area (Å²) >= 11 is 0. The minimum Gasteiger partial charge on any atom is -0.493 e. The molecule has 7 heteroatoms. The first-order valence-corrected chi connectivity index (χ1v) is 9.22. The Balaban J connectivity index is 1.79. The number of methoxy groups -OCH3 is 1. The molecule has 1 amide bonds. The molecule has 0 radical (unpaired) electrons.